The minimum absolute atomic E-state index is 0.0524. The number of likely N-dealkylation sites (N-methyl/N-ethyl adjacent to an activating group) is 1. The molecule has 7 nitrogen and oxygen atoms in total. The van der Waals surface area contributed by atoms with E-state index in [1.165, 1.54) is 4.68 Å². The Labute approximate surface area is 141 Å². The Bertz CT molecular complexity index is 931. The van der Waals surface area contributed by atoms with Crippen LogP contribution in [0.1, 0.15) is 27.3 Å². The Morgan fingerprint density at radius 1 is 1.25 bits per heavy atom. The zero-order valence-electron chi connectivity index (χ0n) is 14.1. The number of amides is 1. The predicted molar refractivity (Wildman–Crippen MR) is 90.8 cm³/mol. The number of nitrogens with zero attached hydrogens (tertiary/aromatic N) is 3. The fourth-order valence-corrected chi connectivity index (χ4v) is 4.47. The molecule has 0 saturated carbocycles. The van der Waals surface area contributed by atoms with Gasteiger partial charge in [-0.1, -0.05) is 6.07 Å². The van der Waals surface area contributed by atoms with E-state index in [1.54, 1.807) is 33.0 Å². The number of aryl methyl sites for hydroxylation is 2. The summed E-state index contributed by atoms with van der Waals surface area (Å²) in [6.45, 7) is 4.16. The molecule has 1 aromatic heterocycles. The lowest BCUT2D eigenvalue weighted by Gasteiger charge is -2.13. The fourth-order valence-electron chi connectivity index (χ4n) is 3.06. The van der Waals surface area contributed by atoms with Gasteiger partial charge in [-0.2, -0.15) is 5.10 Å². The number of nitrogens with one attached hydrogen (secondary N) is 1. The summed E-state index contributed by atoms with van der Waals surface area (Å²) in [7, 11) is -0.355. The molecule has 24 heavy (non-hydrogen) atoms. The van der Waals surface area contributed by atoms with Gasteiger partial charge in [-0.15, -0.1) is 0 Å². The summed E-state index contributed by atoms with van der Waals surface area (Å²) in [5, 5.41) is 4.09. The minimum atomic E-state index is -3.97. The van der Waals surface area contributed by atoms with Crippen molar-refractivity contribution in [2.45, 2.75) is 25.2 Å². The van der Waals surface area contributed by atoms with Gasteiger partial charge in [-0.3, -0.25) is 9.48 Å². The molecule has 1 N–H and O–H groups in total. The van der Waals surface area contributed by atoms with E-state index >= 15 is 0 Å². The molecule has 0 fully saturated rings. The van der Waals surface area contributed by atoms with E-state index in [4.69, 9.17) is 0 Å². The van der Waals surface area contributed by atoms with Gasteiger partial charge in [0.2, 0.25) is 0 Å². The molecule has 0 radical (unpaired) electrons. The SMILES string of the molecule is Cc1nn(C)c(C)c1S(=O)(=O)NC(=O)c1ccc2c(c1)N(C)CC2. The van der Waals surface area contributed by atoms with Crippen molar-refractivity contribution in [3.8, 4) is 0 Å². The highest BCUT2D eigenvalue weighted by atomic mass is 32.2. The number of benzene rings is 1. The number of carbonyl (C=O) groups excluding carboxylic acids is 1. The minimum Gasteiger partial charge on any atom is -0.374 e. The lowest BCUT2D eigenvalue weighted by atomic mass is 10.1. The summed E-state index contributed by atoms with van der Waals surface area (Å²) in [5.41, 5.74) is 3.31. The normalized spacial score (nSPS) is 13.9. The quantitative estimate of drug-likeness (QED) is 0.899. The van der Waals surface area contributed by atoms with E-state index in [0.717, 1.165) is 24.2 Å². The average Bonchev–Trinajstić information content (AvgIpc) is 2.99. The Hall–Kier alpha value is -2.35. The number of anilines is 1. The van der Waals surface area contributed by atoms with Crippen LogP contribution in [0.15, 0.2) is 23.1 Å². The third-order valence-corrected chi connectivity index (χ3v) is 6.00. The fraction of sp³-hybridized carbons (Fsp3) is 0.375. The van der Waals surface area contributed by atoms with Crippen LogP contribution in [0.5, 0.6) is 0 Å². The molecular weight excluding hydrogens is 328 g/mol. The third kappa shape index (κ3) is 2.66. The molecule has 1 aliphatic heterocycles. The van der Waals surface area contributed by atoms with Crippen LogP contribution in [0, 0.1) is 13.8 Å². The van der Waals surface area contributed by atoms with Crippen LogP contribution in [0.25, 0.3) is 0 Å². The zero-order chi connectivity index (χ0) is 17.6. The smallest absolute Gasteiger partial charge is 0.267 e. The zero-order valence-corrected chi connectivity index (χ0v) is 14.9. The molecule has 1 aromatic carbocycles. The molecule has 0 bridgehead atoms. The molecule has 1 aliphatic rings. The standard InChI is InChI=1S/C16H20N4O3S/c1-10-15(11(2)20(4)17-10)24(22,23)18-16(21)13-6-5-12-7-8-19(3)14(12)9-13/h5-6,9H,7-8H2,1-4H3,(H,18,21). The van der Waals surface area contributed by atoms with Gasteiger partial charge in [0.25, 0.3) is 15.9 Å². The largest absolute Gasteiger partial charge is 0.374 e. The van der Waals surface area contributed by atoms with Gasteiger partial charge in [0, 0.05) is 31.9 Å². The molecular formula is C16H20N4O3S. The summed E-state index contributed by atoms with van der Waals surface area (Å²) in [6, 6.07) is 5.27. The van der Waals surface area contributed by atoms with Crippen LogP contribution in [0.2, 0.25) is 0 Å². The van der Waals surface area contributed by atoms with Gasteiger partial charge in [0.1, 0.15) is 4.90 Å². The first-order chi connectivity index (χ1) is 11.2. The highest BCUT2D eigenvalue weighted by molar-refractivity contribution is 7.90. The molecule has 0 saturated heterocycles. The second-order valence-electron chi connectivity index (χ2n) is 6.07. The number of fused-ring (bicyclic) bond motifs is 1. The number of hydrogen-bond donors (Lipinski definition) is 1. The van der Waals surface area contributed by atoms with Crippen molar-refractivity contribution in [2.24, 2.45) is 7.05 Å². The van der Waals surface area contributed by atoms with Gasteiger partial charge in [0.15, 0.2) is 0 Å². The monoisotopic (exact) mass is 348 g/mol. The van der Waals surface area contributed by atoms with E-state index in [1.807, 2.05) is 13.1 Å². The van der Waals surface area contributed by atoms with Crippen molar-refractivity contribution in [3.05, 3.63) is 40.7 Å². The molecule has 0 atom stereocenters. The molecule has 2 heterocycles. The van der Waals surface area contributed by atoms with E-state index in [2.05, 4.69) is 14.7 Å². The Balaban J connectivity index is 1.91. The lowest BCUT2D eigenvalue weighted by Crippen LogP contribution is -2.31. The van der Waals surface area contributed by atoms with Crippen molar-refractivity contribution in [2.75, 3.05) is 18.5 Å². The summed E-state index contributed by atoms with van der Waals surface area (Å²) in [4.78, 5) is 14.5. The predicted octanol–water partition coefficient (Wildman–Crippen LogP) is 1.15. The Kier molecular flexibility index (Phi) is 3.87. The molecule has 0 unspecified atom stereocenters. The van der Waals surface area contributed by atoms with Gasteiger partial charge in [-0.05, 0) is 38.0 Å². The highest BCUT2D eigenvalue weighted by Gasteiger charge is 2.27. The van der Waals surface area contributed by atoms with Gasteiger partial charge in [-0.25, -0.2) is 13.1 Å². The molecule has 128 valence electrons. The topological polar surface area (TPSA) is 84.3 Å². The number of carbonyl (C=O) groups is 1. The molecule has 2 aromatic rings. The number of aromatic nitrogens is 2. The number of sulfonamides is 1. The number of hydrogen-bond acceptors (Lipinski definition) is 5. The number of rotatable bonds is 3. The van der Waals surface area contributed by atoms with E-state index in [0.29, 0.717) is 17.0 Å². The Morgan fingerprint density at radius 3 is 2.58 bits per heavy atom. The molecule has 0 spiro atoms. The maximum Gasteiger partial charge on any atom is 0.267 e. The maximum atomic E-state index is 12.6. The molecule has 1 amide bonds. The van der Waals surface area contributed by atoms with Crippen LogP contribution in [-0.4, -0.2) is 37.7 Å². The summed E-state index contributed by atoms with van der Waals surface area (Å²) < 4.78 is 28.8. The van der Waals surface area contributed by atoms with E-state index in [-0.39, 0.29) is 4.90 Å². The van der Waals surface area contributed by atoms with Crippen LogP contribution in [0.3, 0.4) is 0 Å². The third-order valence-electron chi connectivity index (χ3n) is 4.41. The van der Waals surface area contributed by atoms with Crippen LogP contribution < -0.4 is 9.62 Å². The average molecular weight is 348 g/mol. The first-order valence-electron chi connectivity index (χ1n) is 7.62. The first-order valence-corrected chi connectivity index (χ1v) is 9.10. The second-order valence-corrected chi connectivity index (χ2v) is 7.69. The van der Waals surface area contributed by atoms with Crippen LogP contribution in [0.4, 0.5) is 5.69 Å². The van der Waals surface area contributed by atoms with Crippen LogP contribution in [-0.2, 0) is 23.5 Å². The van der Waals surface area contributed by atoms with E-state index < -0.39 is 15.9 Å². The Morgan fingerprint density at radius 2 is 1.96 bits per heavy atom. The molecule has 3 rings (SSSR count). The maximum absolute atomic E-state index is 12.6. The van der Waals surface area contributed by atoms with Crippen molar-refractivity contribution in [3.63, 3.8) is 0 Å². The van der Waals surface area contributed by atoms with Gasteiger partial charge >= 0.3 is 0 Å². The van der Waals surface area contributed by atoms with E-state index in [9.17, 15) is 13.2 Å². The van der Waals surface area contributed by atoms with Crippen molar-refractivity contribution in [1.29, 1.82) is 0 Å². The molecule has 8 heteroatoms. The summed E-state index contributed by atoms with van der Waals surface area (Å²) in [5.74, 6) is -0.638. The van der Waals surface area contributed by atoms with Gasteiger partial charge in [0.05, 0.1) is 11.4 Å². The van der Waals surface area contributed by atoms with Crippen LogP contribution >= 0.6 is 0 Å². The molecule has 0 aliphatic carbocycles. The van der Waals surface area contributed by atoms with Crippen molar-refractivity contribution < 1.29 is 13.2 Å². The summed E-state index contributed by atoms with van der Waals surface area (Å²) >= 11 is 0. The first kappa shape index (κ1) is 16.5. The highest BCUT2D eigenvalue weighted by Crippen LogP contribution is 2.28. The van der Waals surface area contributed by atoms with Crippen molar-refractivity contribution in [1.82, 2.24) is 14.5 Å². The van der Waals surface area contributed by atoms with Gasteiger partial charge < -0.3 is 4.90 Å². The van der Waals surface area contributed by atoms with Crippen molar-refractivity contribution >= 4 is 21.6 Å². The second kappa shape index (κ2) is 5.62. The summed E-state index contributed by atoms with van der Waals surface area (Å²) in [6.07, 6.45) is 0.931. The lowest BCUT2D eigenvalue weighted by molar-refractivity contribution is 0.0981.